The third kappa shape index (κ3) is 3.75. The molecule has 0 aromatic heterocycles. The van der Waals surface area contributed by atoms with Crippen molar-refractivity contribution in [1.29, 1.82) is 0 Å². The zero-order valence-corrected chi connectivity index (χ0v) is 13.8. The average Bonchev–Trinajstić information content (AvgIpc) is 2.38. The molecule has 0 aliphatic heterocycles. The quantitative estimate of drug-likeness (QED) is 0.438. The molecule has 0 nitrogen and oxygen atoms in total. The molecule has 0 saturated heterocycles. The fourth-order valence-electron chi connectivity index (χ4n) is 3.71. The lowest BCUT2D eigenvalue weighted by Gasteiger charge is -2.24. The average molecular weight is 270 g/mol. The Bertz CT molecular complexity index is 456. The van der Waals surface area contributed by atoms with Crippen LogP contribution >= 0.6 is 0 Å². The summed E-state index contributed by atoms with van der Waals surface area (Å²) in [5, 5.41) is 0. The Morgan fingerprint density at radius 1 is 1.05 bits per heavy atom. The lowest BCUT2D eigenvalue weighted by Crippen LogP contribution is -2.07. The first kappa shape index (κ1) is 15.4. The predicted molar refractivity (Wildman–Crippen MR) is 89.5 cm³/mol. The molecule has 1 aromatic carbocycles. The molecule has 0 unspecified atom stereocenters. The molecule has 1 atom stereocenters. The van der Waals surface area contributed by atoms with Gasteiger partial charge in [0.25, 0.3) is 0 Å². The van der Waals surface area contributed by atoms with Crippen molar-refractivity contribution >= 4 is 0 Å². The lowest BCUT2D eigenvalue weighted by molar-refractivity contribution is 0.628. The largest absolute Gasteiger partial charge is 0.0781 e. The minimum absolute atomic E-state index is 0.661. The molecule has 0 radical (unpaired) electrons. The van der Waals surface area contributed by atoms with E-state index in [0.717, 1.165) is 0 Å². The molecule has 0 spiro atoms. The molecule has 1 aliphatic rings. The second-order valence-corrected chi connectivity index (χ2v) is 6.61. The third-order valence-corrected chi connectivity index (χ3v) is 4.67. The molecule has 0 fully saturated rings. The summed E-state index contributed by atoms with van der Waals surface area (Å²) >= 11 is 0. The van der Waals surface area contributed by atoms with Crippen LogP contribution in [0.15, 0.2) is 23.8 Å². The van der Waals surface area contributed by atoms with Gasteiger partial charge >= 0.3 is 0 Å². The Labute approximate surface area is 125 Å². The molecule has 0 heteroatoms. The molecular formula is C20H30. The van der Waals surface area contributed by atoms with Gasteiger partial charge in [0.15, 0.2) is 0 Å². The predicted octanol–water partition coefficient (Wildman–Crippen LogP) is 6.25. The van der Waals surface area contributed by atoms with Crippen LogP contribution in [0.3, 0.4) is 0 Å². The number of hydrogen-bond acceptors (Lipinski definition) is 0. The molecule has 2 rings (SSSR count). The summed E-state index contributed by atoms with van der Waals surface area (Å²) in [5.41, 5.74) is 7.73. The zero-order valence-electron chi connectivity index (χ0n) is 13.8. The van der Waals surface area contributed by atoms with Crippen LogP contribution in [-0.2, 0) is 6.42 Å². The fourth-order valence-corrected chi connectivity index (χ4v) is 3.71. The highest BCUT2D eigenvalue weighted by Crippen LogP contribution is 2.35. The van der Waals surface area contributed by atoms with Gasteiger partial charge in [-0.05, 0) is 75.1 Å². The van der Waals surface area contributed by atoms with Crippen molar-refractivity contribution in [3.05, 3.63) is 46.0 Å². The van der Waals surface area contributed by atoms with Crippen LogP contribution in [0.2, 0.25) is 0 Å². The van der Waals surface area contributed by atoms with E-state index in [-0.39, 0.29) is 0 Å². The summed E-state index contributed by atoms with van der Waals surface area (Å²) in [6.45, 7) is 9.18. The van der Waals surface area contributed by atoms with E-state index in [1.165, 1.54) is 61.6 Å². The summed E-state index contributed by atoms with van der Waals surface area (Å²) in [7, 11) is 0. The number of hydrogen-bond donors (Lipinski definition) is 0. The van der Waals surface area contributed by atoms with Crippen molar-refractivity contribution in [2.24, 2.45) is 0 Å². The molecule has 1 aromatic rings. The van der Waals surface area contributed by atoms with Crippen LogP contribution < -0.4 is 0 Å². The Balaban J connectivity index is 2.20. The summed E-state index contributed by atoms with van der Waals surface area (Å²) < 4.78 is 0. The van der Waals surface area contributed by atoms with Gasteiger partial charge in [0, 0.05) is 5.92 Å². The van der Waals surface area contributed by atoms with Gasteiger partial charge in [-0.1, -0.05) is 43.5 Å². The summed E-state index contributed by atoms with van der Waals surface area (Å²) in [5.74, 6) is 0.661. The van der Waals surface area contributed by atoms with Gasteiger partial charge in [-0.2, -0.15) is 0 Å². The van der Waals surface area contributed by atoms with E-state index in [1.807, 2.05) is 0 Å². The van der Waals surface area contributed by atoms with Crippen molar-refractivity contribution < 1.29 is 0 Å². The number of benzene rings is 1. The number of allylic oxidation sites excluding steroid dienone is 2. The van der Waals surface area contributed by atoms with E-state index < -0.39 is 0 Å². The molecule has 0 heterocycles. The maximum atomic E-state index is 2.51. The topological polar surface area (TPSA) is 0 Å². The Hall–Kier alpha value is -1.04. The van der Waals surface area contributed by atoms with E-state index in [0.29, 0.717) is 5.92 Å². The number of aryl methyl sites for hydroxylation is 3. The summed E-state index contributed by atoms with van der Waals surface area (Å²) in [6, 6.07) is 4.88. The maximum absolute atomic E-state index is 2.51. The van der Waals surface area contributed by atoms with Crippen LogP contribution in [0.5, 0.6) is 0 Å². The van der Waals surface area contributed by atoms with Crippen molar-refractivity contribution in [1.82, 2.24) is 0 Å². The van der Waals surface area contributed by atoms with Crippen molar-refractivity contribution in [3.8, 4) is 0 Å². The van der Waals surface area contributed by atoms with Crippen molar-refractivity contribution in [3.63, 3.8) is 0 Å². The number of unbranched alkanes of at least 4 members (excludes halogenated alkanes) is 2. The van der Waals surface area contributed by atoms with Crippen molar-refractivity contribution in [2.45, 2.75) is 78.6 Å². The van der Waals surface area contributed by atoms with Gasteiger partial charge < -0.3 is 0 Å². The van der Waals surface area contributed by atoms with E-state index in [4.69, 9.17) is 0 Å². The fraction of sp³-hybridized carbons (Fsp3) is 0.600. The molecule has 20 heavy (non-hydrogen) atoms. The molecule has 0 N–H and O–H groups in total. The molecule has 0 saturated carbocycles. The van der Waals surface area contributed by atoms with Gasteiger partial charge in [-0.3, -0.25) is 0 Å². The molecule has 0 amide bonds. The van der Waals surface area contributed by atoms with Crippen LogP contribution in [0.1, 0.15) is 80.5 Å². The molecule has 1 aliphatic carbocycles. The molecule has 0 bridgehead atoms. The SMILES string of the molecule is CCCCCc1cc(C)c([C@@H]2C=C(C)CCC2)c(C)c1. The smallest absolute Gasteiger partial charge is 0.00259 e. The maximum Gasteiger partial charge on any atom is 0.00259 e. The van der Waals surface area contributed by atoms with Crippen LogP contribution in [0.4, 0.5) is 0 Å². The Kier molecular flexibility index (Phi) is 5.46. The first-order valence-corrected chi connectivity index (χ1v) is 8.39. The highest BCUT2D eigenvalue weighted by molar-refractivity contribution is 5.43. The van der Waals surface area contributed by atoms with Gasteiger partial charge in [-0.25, -0.2) is 0 Å². The molecule has 110 valence electrons. The second-order valence-electron chi connectivity index (χ2n) is 6.61. The third-order valence-electron chi connectivity index (χ3n) is 4.67. The van der Waals surface area contributed by atoms with E-state index in [1.54, 1.807) is 11.1 Å². The standard InChI is InChI=1S/C20H30/c1-5-6-7-10-18-13-16(3)20(17(4)14-18)19-11-8-9-15(2)12-19/h12-14,19H,5-11H2,1-4H3/t19-/m0/s1. The lowest BCUT2D eigenvalue weighted by atomic mass is 9.81. The van der Waals surface area contributed by atoms with Gasteiger partial charge in [0.1, 0.15) is 0 Å². The normalized spacial score (nSPS) is 19.0. The first-order valence-electron chi connectivity index (χ1n) is 8.39. The highest BCUT2D eigenvalue weighted by atomic mass is 14.2. The monoisotopic (exact) mass is 270 g/mol. The Morgan fingerprint density at radius 3 is 2.35 bits per heavy atom. The van der Waals surface area contributed by atoms with E-state index >= 15 is 0 Å². The summed E-state index contributed by atoms with van der Waals surface area (Å²) in [6.07, 6.45) is 11.7. The zero-order chi connectivity index (χ0) is 14.5. The van der Waals surface area contributed by atoms with E-state index in [9.17, 15) is 0 Å². The van der Waals surface area contributed by atoms with Gasteiger partial charge in [0.2, 0.25) is 0 Å². The van der Waals surface area contributed by atoms with Crippen LogP contribution in [-0.4, -0.2) is 0 Å². The minimum Gasteiger partial charge on any atom is -0.0781 e. The van der Waals surface area contributed by atoms with E-state index in [2.05, 4.69) is 45.9 Å². The second kappa shape index (κ2) is 7.11. The summed E-state index contributed by atoms with van der Waals surface area (Å²) in [4.78, 5) is 0. The first-order chi connectivity index (χ1) is 9.61. The van der Waals surface area contributed by atoms with Crippen molar-refractivity contribution in [2.75, 3.05) is 0 Å². The Morgan fingerprint density at radius 2 is 1.75 bits per heavy atom. The highest BCUT2D eigenvalue weighted by Gasteiger charge is 2.18. The van der Waals surface area contributed by atoms with Crippen LogP contribution in [0.25, 0.3) is 0 Å². The molecular weight excluding hydrogens is 240 g/mol. The minimum atomic E-state index is 0.661. The van der Waals surface area contributed by atoms with Gasteiger partial charge in [0.05, 0.1) is 0 Å². The number of rotatable bonds is 5. The van der Waals surface area contributed by atoms with Gasteiger partial charge in [-0.15, -0.1) is 0 Å². The van der Waals surface area contributed by atoms with Crippen LogP contribution in [0, 0.1) is 13.8 Å².